The van der Waals surface area contributed by atoms with E-state index in [1.165, 1.54) is 31.5 Å². The minimum atomic E-state index is 0.794. The van der Waals surface area contributed by atoms with Gasteiger partial charge in [0.25, 0.3) is 0 Å². The van der Waals surface area contributed by atoms with E-state index in [0.29, 0.717) is 0 Å². The molecule has 16 heavy (non-hydrogen) atoms. The number of piperidine rings is 1. The molecule has 0 spiro atoms. The summed E-state index contributed by atoms with van der Waals surface area (Å²) >= 11 is 5.81. The lowest BCUT2D eigenvalue weighted by Crippen LogP contribution is -2.34. The van der Waals surface area contributed by atoms with Crippen LogP contribution in [0, 0.1) is 5.92 Å². The summed E-state index contributed by atoms with van der Waals surface area (Å²) < 4.78 is 1.87. The monoisotopic (exact) mass is 241 g/mol. The second-order valence-electron chi connectivity index (χ2n) is 4.74. The maximum atomic E-state index is 5.81. The number of halogens is 1. The lowest BCUT2D eigenvalue weighted by molar-refractivity contribution is 0.165. The molecule has 1 saturated heterocycles. The van der Waals surface area contributed by atoms with Crippen LogP contribution in [-0.4, -0.2) is 33.6 Å². The van der Waals surface area contributed by atoms with Crippen LogP contribution in [0.1, 0.15) is 24.8 Å². The zero-order valence-electron chi connectivity index (χ0n) is 9.90. The third kappa shape index (κ3) is 3.22. The fourth-order valence-corrected chi connectivity index (χ4v) is 2.81. The van der Waals surface area contributed by atoms with Gasteiger partial charge in [0, 0.05) is 37.8 Å². The summed E-state index contributed by atoms with van der Waals surface area (Å²) in [5.41, 5.74) is 1.31. The van der Waals surface area contributed by atoms with Crippen molar-refractivity contribution in [2.45, 2.75) is 25.8 Å². The second-order valence-corrected chi connectivity index (χ2v) is 5.12. The van der Waals surface area contributed by atoms with Crippen LogP contribution in [0.3, 0.4) is 0 Å². The van der Waals surface area contributed by atoms with Crippen molar-refractivity contribution in [1.82, 2.24) is 14.7 Å². The van der Waals surface area contributed by atoms with E-state index in [-0.39, 0.29) is 0 Å². The molecule has 1 aromatic rings. The highest BCUT2D eigenvalue weighted by atomic mass is 35.5. The molecule has 1 fully saturated rings. The molecule has 1 aromatic heterocycles. The van der Waals surface area contributed by atoms with Gasteiger partial charge in [0.2, 0.25) is 0 Å². The maximum Gasteiger partial charge on any atom is 0.0534 e. The molecule has 0 aliphatic carbocycles. The Kier molecular flexibility index (Phi) is 4.24. The summed E-state index contributed by atoms with van der Waals surface area (Å²) in [6.45, 7) is 3.45. The smallest absolute Gasteiger partial charge is 0.0534 e. The topological polar surface area (TPSA) is 21.1 Å². The first-order valence-electron chi connectivity index (χ1n) is 6.04. The van der Waals surface area contributed by atoms with Gasteiger partial charge in [0.05, 0.1) is 6.20 Å². The molecule has 1 unspecified atom stereocenters. The zero-order chi connectivity index (χ0) is 11.4. The Morgan fingerprint density at radius 3 is 3.12 bits per heavy atom. The number of aryl methyl sites for hydroxylation is 1. The number of hydrogen-bond donors (Lipinski definition) is 0. The molecule has 0 N–H and O–H groups in total. The first kappa shape index (κ1) is 11.9. The fourth-order valence-electron chi connectivity index (χ4n) is 2.50. The van der Waals surface area contributed by atoms with Crippen LogP contribution in [0.25, 0.3) is 0 Å². The van der Waals surface area contributed by atoms with Crippen LogP contribution >= 0.6 is 11.6 Å². The first-order valence-corrected chi connectivity index (χ1v) is 6.57. The van der Waals surface area contributed by atoms with Crippen LogP contribution in [0.5, 0.6) is 0 Å². The Balaban J connectivity index is 1.85. The van der Waals surface area contributed by atoms with E-state index in [2.05, 4.69) is 16.2 Å². The maximum absolute atomic E-state index is 5.81. The fraction of sp³-hybridized carbons (Fsp3) is 0.750. The highest BCUT2D eigenvalue weighted by Crippen LogP contribution is 2.21. The van der Waals surface area contributed by atoms with Crippen LogP contribution in [-0.2, 0) is 13.6 Å². The van der Waals surface area contributed by atoms with Gasteiger partial charge in [-0.05, 0) is 31.7 Å². The molecule has 3 nitrogen and oxygen atoms in total. The standard InChI is InChI=1S/C12H20ClN3/c1-15-8-12(7-14-15)10-16-6-2-3-11(9-16)4-5-13/h7-8,11H,2-6,9-10H2,1H3. The minimum Gasteiger partial charge on any atom is -0.299 e. The van der Waals surface area contributed by atoms with Gasteiger partial charge in [-0.25, -0.2) is 0 Å². The Morgan fingerprint density at radius 1 is 1.56 bits per heavy atom. The van der Waals surface area contributed by atoms with E-state index in [1.807, 2.05) is 17.9 Å². The summed E-state index contributed by atoms with van der Waals surface area (Å²) in [6, 6.07) is 0. The molecule has 90 valence electrons. The number of rotatable bonds is 4. The van der Waals surface area contributed by atoms with Gasteiger partial charge in [-0.3, -0.25) is 9.58 Å². The average molecular weight is 242 g/mol. The molecule has 0 saturated carbocycles. The van der Waals surface area contributed by atoms with E-state index in [9.17, 15) is 0 Å². The summed E-state index contributed by atoms with van der Waals surface area (Å²) in [5.74, 6) is 1.59. The first-order chi connectivity index (χ1) is 7.78. The lowest BCUT2D eigenvalue weighted by Gasteiger charge is -2.32. The minimum absolute atomic E-state index is 0.794. The van der Waals surface area contributed by atoms with Crippen molar-refractivity contribution in [2.75, 3.05) is 19.0 Å². The Bertz CT molecular complexity index is 322. The molecular weight excluding hydrogens is 222 g/mol. The number of alkyl halides is 1. The molecule has 0 amide bonds. The summed E-state index contributed by atoms with van der Waals surface area (Å²) in [4.78, 5) is 2.53. The average Bonchev–Trinajstić information content (AvgIpc) is 2.65. The molecular formula is C12H20ClN3. The molecule has 0 aromatic carbocycles. The van der Waals surface area contributed by atoms with E-state index in [1.54, 1.807) is 0 Å². The van der Waals surface area contributed by atoms with E-state index in [4.69, 9.17) is 11.6 Å². The normalized spacial score (nSPS) is 22.5. The molecule has 4 heteroatoms. The molecule has 2 rings (SSSR count). The van der Waals surface area contributed by atoms with Crippen LogP contribution in [0.2, 0.25) is 0 Å². The molecule has 1 aliphatic rings. The lowest BCUT2D eigenvalue weighted by atomic mass is 9.95. The predicted octanol–water partition coefficient (Wildman–Crippen LogP) is 2.26. The summed E-state index contributed by atoms with van der Waals surface area (Å²) in [5, 5.41) is 4.21. The van der Waals surface area contributed by atoms with Crippen molar-refractivity contribution in [2.24, 2.45) is 13.0 Å². The molecule has 0 radical (unpaired) electrons. The van der Waals surface area contributed by atoms with Crippen molar-refractivity contribution in [3.8, 4) is 0 Å². The van der Waals surface area contributed by atoms with E-state index >= 15 is 0 Å². The van der Waals surface area contributed by atoms with Gasteiger partial charge in [-0.2, -0.15) is 5.10 Å². The van der Waals surface area contributed by atoms with Crippen molar-refractivity contribution in [3.63, 3.8) is 0 Å². The molecule has 2 heterocycles. The molecule has 0 bridgehead atoms. The van der Waals surface area contributed by atoms with Crippen LogP contribution < -0.4 is 0 Å². The quantitative estimate of drug-likeness (QED) is 0.754. The van der Waals surface area contributed by atoms with Crippen molar-refractivity contribution >= 4 is 11.6 Å². The second kappa shape index (κ2) is 5.69. The third-order valence-electron chi connectivity index (χ3n) is 3.29. The molecule has 1 atom stereocenters. The van der Waals surface area contributed by atoms with Crippen molar-refractivity contribution in [3.05, 3.63) is 18.0 Å². The van der Waals surface area contributed by atoms with Gasteiger partial charge in [-0.15, -0.1) is 11.6 Å². The number of hydrogen-bond acceptors (Lipinski definition) is 2. The van der Waals surface area contributed by atoms with E-state index in [0.717, 1.165) is 24.8 Å². The predicted molar refractivity (Wildman–Crippen MR) is 66.5 cm³/mol. The SMILES string of the molecule is Cn1cc(CN2CCCC(CCCl)C2)cn1. The van der Waals surface area contributed by atoms with Crippen LogP contribution in [0.15, 0.2) is 12.4 Å². The van der Waals surface area contributed by atoms with Gasteiger partial charge in [-0.1, -0.05) is 0 Å². The Hall–Kier alpha value is -0.540. The van der Waals surface area contributed by atoms with Crippen LogP contribution in [0.4, 0.5) is 0 Å². The highest BCUT2D eigenvalue weighted by Gasteiger charge is 2.19. The number of likely N-dealkylation sites (tertiary alicyclic amines) is 1. The largest absolute Gasteiger partial charge is 0.299 e. The number of aromatic nitrogens is 2. The van der Waals surface area contributed by atoms with Gasteiger partial charge in [0.1, 0.15) is 0 Å². The Labute approximate surface area is 102 Å². The van der Waals surface area contributed by atoms with Crippen molar-refractivity contribution < 1.29 is 0 Å². The van der Waals surface area contributed by atoms with Crippen molar-refractivity contribution in [1.29, 1.82) is 0 Å². The highest BCUT2D eigenvalue weighted by molar-refractivity contribution is 6.17. The summed E-state index contributed by atoms with van der Waals surface area (Å²) in [6.07, 6.45) is 7.87. The van der Waals surface area contributed by atoms with Gasteiger partial charge in [0.15, 0.2) is 0 Å². The zero-order valence-corrected chi connectivity index (χ0v) is 10.7. The molecule has 1 aliphatic heterocycles. The summed E-state index contributed by atoms with van der Waals surface area (Å²) in [7, 11) is 1.97. The van der Waals surface area contributed by atoms with Gasteiger partial charge >= 0.3 is 0 Å². The third-order valence-corrected chi connectivity index (χ3v) is 3.50. The van der Waals surface area contributed by atoms with E-state index < -0.39 is 0 Å². The number of nitrogens with zero attached hydrogens (tertiary/aromatic N) is 3. The Morgan fingerprint density at radius 2 is 2.44 bits per heavy atom. The van der Waals surface area contributed by atoms with Gasteiger partial charge < -0.3 is 0 Å².